The van der Waals surface area contributed by atoms with Crippen LogP contribution < -0.4 is 5.32 Å². The van der Waals surface area contributed by atoms with E-state index in [1.54, 1.807) is 45.2 Å². The lowest BCUT2D eigenvalue weighted by atomic mass is 10.2. The van der Waals surface area contributed by atoms with Gasteiger partial charge >= 0.3 is 12.1 Å². The highest BCUT2D eigenvalue weighted by Gasteiger charge is 2.19. The van der Waals surface area contributed by atoms with Gasteiger partial charge in [-0.15, -0.1) is 0 Å². The molecule has 24 heavy (non-hydrogen) atoms. The first-order valence-corrected chi connectivity index (χ1v) is 7.46. The number of hydrogen-bond donors (Lipinski definition) is 2. The van der Waals surface area contributed by atoms with Crippen LogP contribution >= 0.6 is 0 Å². The first-order valence-electron chi connectivity index (χ1n) is 7.46. The summed E-state index contributed by atoms with van der Waals surface area (Å²) in [6, 6.07) is 5.27. The molecule has 0 aromatic carbocycles. The van der Waals surface area contributed by atoms with Gasteiger partial charge in [0.05, 0.1) is 11.9 Å². The monoisotopic (exact) mass is 332 g/mol. The molecule has 2 rings (SSSR count). The van der Waals surface area contributed by atoms with Gasteiger partial charge in [-0.1, -0.05) is 6.07 Å². The van der Waals surface area contributed by atoms with Crippen LogP contribution in [0.2, 0.25) is 0 Å². The van der Waals surface area contributed by atoms with Gasteiger partial charge in [0, 0.05) is 19.2 Å². The summed E-state index contributed by atoms with van der Waals surface area (Å²) in [5, 5.41) is 16.0. The Labute approximate surface area is 139 Å². The number of nitrogens with zero attached hydrogens (tertiary/aromatic N) is 3. The van der Waals surface area contributed by atoms with Crippen molar-refractivity contribution in [2.45, 2.75) is 32.8 Å². The summed E-state index contributed by atoms with van der Waals surface area (Å²) >= 11 is 0. The zero-order valence-electron chi connectivity index (χ0n) is 13.8. The molecule has 2 heterocycles. The minimum absolute atomic E-state index is 0.0756. The molecule has 2 aromatic rings. The summed E-state index contributed by atoms with van der Waals surface area (Å²) in [7, 11) is 0. The molecule has 0 aliphatic heterocycles. The van der Waals surface area contributed by atoms with Crippen molar-refractivity contribution in [3.8, 4) is 5.82 Å². The number of aromatic carboxylic acids is 1. The number of carboxylic acid groups (broad SMARTS) is 1. The van der Waals surface area contributed by atoms with E-state index in [1.165, 1.54) is 10.9 Å². The van der Waals surface area contributed by atoms with Crippen molar-refractivity contribution in [1.29, 1.82) is 0 Å². The highest BCUT2D eigenvalue weighted by molar-refractivity contribution is 5.88. The molecule has 0 aliphatic rings. The van der Waals surface area contributed by atoms with E-state index in [2.05, 4.69) is 15.4 Å². The van der Waals surface area contributed by atoms with Gasteiger partial charge in [-0.3, -0.25) is 0 Å². The number of carbonyl (C=O) groups is 2. The number of ether oxygens (including phenoxy) is 1. The van der Waals surface area contributed by atoms with Gasteiger partial charge in [-0.05, 0) is 32.9 Å². The van der Waals surface area contributed by atoms with Crippen LogP contribution in [-0.2, 0) is 11.2 Å². The predicted molar refractivity (Wildman–Crippen MR) is 86.3 cm³/mol. The third kappa shape index (κ3) is 4.55. The van der Waals surface area contributed by atoms with Crippen molar-refractivity contribution in [2.24, 2.45) is 0 Å². The molecule has 0 fully saturated rings. The topological polar surface area (TPSA) is 106 Å². The van der Waals surface area contributed by atoms with Crippen LogP contribution in [0.4, 0.5) is 4.79 Å². The summed E-state index contributed by atoms with van der Waals surface area (Å²) in [6.07, 6.45) is 2.60. The predicted octanol–water partition coefficient (Wildman–Crippen LogP) is 2.03. The summed E-state index contributed by atoms with van der Waals surface area (Å²) < 4.78 is 6.61. The van der Waals surface area contributed by atoms with Gasteiger partial charge in [0.1, 0.15) is 11.2 Å². The van der Waals surface area contributed by atoms with E-state index in [9.17, 15) is 14.7 Å². The maximum absolute atomic E-state index is 11.7. The van der Waals surface area contributed by atoms with E-state index in [-0.39, 0.29) is 18.5 Å². The first-order chi connectivity index (χ1) is 11.3. The molecule has 0 saturated carbocycles. The van der Waals surface area contributed by atoms with Crippen molar-refractivity contribution in [3.05, 3.63) is 41.9 Å². The van der Waals surface area contributed by atoms with Crippen LogP contribution in [0.5, 0.6) is 0 Å². The highest BCUT2D eigenvalue weighted by Crippen LogP contribution is 2.14. The molecular formula is C16H20N4O4. The number of pyridine rings is 1. The number of nitrogens with one attached hydrogen (secondary N) is 1. The molecule has 8 nitrogen and oxygen atoms in total. The van der Waals surface area contributed by atoms with Gasteiger partial charge in [0.25, 0.3) is 0 Å². The summed E-state index contributed by atoms with van der Waals surface area (Å²) in [4.78, 5) is 27.2. The average molecular weight is 332 g/mol. The molecular weight excluding hydrogens is 312 g/mol. The summed E-state index contributed by atoms with van der Waals surface area (Å²) in [5.74, 6) is -0.568. The Morgan fingerprint density at radius 3 is 2.67 bits per heavy atom. The standard InChI is InChI=1S/C16H20N4O4/c1-16(2,3)24-15(23)18-9-7-12-11(14(21)22)10-19-20(12)13-6-4-5-8-17-13/h4-6,8,10H,7,9H2,1-3H3,(H,18,23)(H,21,22). The van der Waals surface area contributed by atoms with E-state index in [1.807, 2.05) is 0 Å². The smallest absolute Gasteiger partial charge is 0.407 e. The Morgan fingerprint density at radius 1 is 1.33 bits per heavy atom. The van der Waals surface area contributed by atoms with Crippen molar-refractivity contribution >= 4 is 12.1 Å². The van der Waals surface area contributed by atoms with E-state index in [0.29, 0.717) is 11.5 Å². The van der Waals surface area contributed by atoms with Crippen molar-refractivity contribution < 1.29 is 19.4 Å². The molecule has 2 aromatic heterocycles. The maximum Gasteiger partial charge on any atom is 0.407 e. The lowest BCUT2D eigenvalue weighted by Crippen LogP contribution is -2.33. The Hall–Kier alpha value is -2.90. The van der Waals surface area contributed by atoms with Crippen LogP contribution in [0.1, 0.15) is 36.8 Å². The Morgan fingerprint density at radius 2 is 2.08 bits per heavy atom. The summed E-state index contributed by atoms with van der Waals surface area (Å²) in [6.45, 7) is 5.52. The Kier molecular flexibility index (Phi) is 5.18. The van der Waals surface area contributed by atoms with Gasteiger partial charge < -0.3 is 15.2 Å². The van der Waals surface area contributed by atoms with Crippen molar-refractivity contribution in [3.63, 3.8) is 0 Å². The number of carbonyl (C=O) groups excluding carboxylic acids is 1. The average Bonchev–Trinajstić information content (AvgIpc) is 2.90. The van der Waals surface area contributed by atoms with Crippen LogP contribution in [0.15, 0.2) is 30.6 Å². The minimum Gasteiger partial charge on any atom is -0.478 e. The Bertz CT molecular complexity index is 719. The van der Waals surface area contributed by atoms with Gasteiger partial charge in [-0.25, -0.2) is 19.3 Å². The largest absolute Gasteiger partial charge is 0.478 e. The fourth-order valence-electron chi connectivity index (χ4n) is 2.07. The molecule has 0 unspecified atom stereocenters. The molecule has 0 aliphatic carbocycles. The van der Waals surface area contributed by atoms with Crippen LogP contribution in [0.25, 0.3) is 5.82 Å². The van der Waals surface area contributed by atoms with Gasteiger partial charge in [-0.2, -0.15) is 5.10 Å². The number of rotatable bonds is 5. The van der Waals surface area contributed by atoms with Crippen molar-refractivity contribution in [1.82, 2.24) is 20.1 Å². The van der Waals surface area contributed by atoms with Crippen LogP contribution in [0, 0.1) is 0 Å². The van der Waals surface area contributed by atoms with E-state index in [0.717, 1.165) is 0 Å². The van der Waals surface area contributed by atoms with Crippen LogP contribution in [-0.4, -0.2) is 44.1 Å². The fraction of sp³-hybridized carbons (Fsp3) is 0.375. The lowest BCUT2D eigenvalue weighted by Gasteiger charge is -2.19. The number of aromatic nitrogens is 3. The van der Waals surface area contributed by atoms with Gasteiger partial charge in [0.2, 0.25) is 0 Å². The molecule has 128 valence electrons. The van der Waals surface area contributed by atoms with Crippen molar-refractivity contribution in [2.75, 3.05) is 6.54 Å². The molecule has 0 bridgehead atoms. The number of amides is 1. The minimum atomic E-state index is -1.08. The molecule has 1 amide bonds. The maximum atomic E-state index is 11.7. The fourth-order valence-corrected chi connectivity index (χ4v) is 2.07. The molecule has 2 N–H and O–H groups in total. The van der Waals surface area contributed by atoms with Gasteiger partial charge in [0.15, 0.2) is 5.82 Å². The second-order valence-electron chi connectivity index (χ2n) is 6.09. The second kappa shape index (κ2) is 7.12. The SMILES string of the molecule is CC(C)(C)OC(=O)NCCc1c(C(=O)O)cnn1-c1ccccn1. The third-order valence-corrected chi connectivity index (χ3v) is 3.00. The quantitative estimate of drug-likeness (QED) is 0.868. The molecule has 8 heteroatoms. The zero-order valence-corrected chi connectivity index (χ0v) is 13.8. The molecule has 0 atom stereocenters. The first kappa shape index (κ1) is 17.5. The number of hydrogen-bond acceptors (Lipinski definition) is 5. The molecule has 0 radical (unpaired) electrons. The second-order valence-corrected chi connectivity index (χ2v) is 6.09. The van der Waals surface area contributed by atoms with Crippen LogP contribution in [0.3, 0.4) is 0 Å². The van der Waals surface area contributed by atoms with E-state index in [4.69, 9.17) is 4.74 Å². The number of alkyl carbamates (subject to hydrolysis) is 1. The Balaban J connectivity index is 2.12. The summed E-state index contributed by atoms with van der Waals surface area (Å²) in [5.41, 5.74) is -0.0598. The third-order valence-electron chi connectivity index (χ3n) is 3.00. The molecule has 0 spiro atoms. The highest BCUT2D eigenvalue weighted by atomic mass is 16.6. The zero-order chi connectivity index (χ0) is 17.7. The number of carboxylic acids is 1. The molecule has 0 saturated heterocycles. The lowest BCUT2D eigenvalue weighted by molar-refractivity contribution is 0.0528. The normalized spacial score (nSPS) is 11.1. The van der Waals surface area contributed by atoms with E-state index >= 15 is 0 Å². The van der Waals surface area contributed by atoms with E-state index < -0.39 is 17.7 Å².